The minimum atomic E-state index is 0.255. The van der Waals surface area contributed by atoms with E-state index >= 15 is 0 Å². The molecule has 2 aromatic rings. The first-order valence-electron chi connectivity index (χ1n) is 6.82. The van der Waals surface area contributed by atoms with Crippen molar-refractivity contribution in [1.29, 1.82) is 0 Å². The average molecular weight is 280 g/mol. The summed E-state index contributed by atoms with van der Waals surface area (Å²) in [5.74, 6) is 1.60. The fourth-order valence-electron chi connectivity index (χ4n) is 2.91. The van der Waals surface area contributed by atoms with Crippen LogP contribution in [0.2, 0.25) is 5.28 Å². The molecule has 0 spiro atoms. The second kappa shape index (κ2) is 5.33. The van der Waals surface area contributed by atoms with Crippen LogP contribution in [0.25, 0.3) is 11.2 Å². The molecular formula is C13H18ClN5. The minimum absolute atomic E-state index is 0.255. The zero-order chi connectivity index (χ0) is 13.2. The summed E-state index contributed by atoms with van der Waals surface area (Å²) in [4.78, 5) is 17.9. The predicted molar refractivity (Wildman–Crippen MR) is 76.5 cm³/mol. The molecule has 0 radical (unpaired) electrons. The number of aromatic nitrogens is 4. The number of H-pyrrole nitrogens is 1. The highest BCUT2D eigenvalue weighted by Gasteiger charge is 2.19. The van der Waals surface area contributed by atoms with Crippen molar-refractivity contribution in [2.45, 2.75) is 32.1 Å². The van der Waals surface area contributed by atoms with E-state index in [4.69, 9.17) is 11.6 Å². The molecule has 6 heteroatoms. The highest BCUT2D eigenvalue weighted by Crippen LogP contribution is 2.27. The Hall–Kier alpha value is -1.36. The second-order valence-electron chi connectivity index (χ2n) is 5.30. The van der Waals surface area contributed by atoms with Crippen LogP contribution in [0.5, 0.6) is 0 Å². The van der Waals surface area contributed by atoms with E-state index in [1.54, 1.807) is 6.33 Å². The highest BCUT2D eigenvalue weighted by atomic mass is 35.5. The Morgan fingerprint density at radius 2 is 2.11 bits per heavy atom. The normalized spacial score (nSPS) is 16.9. The molecule has 5 nitrogen and oxygen atoms in total. The molecular weight excluding hydrogens is 262 g/mol. The summed E-state index contributed by atoms with van der Waals surface area (Å²) in [6.45, 7) is 1.02. The van der Waals surface area contributed by atoms with Crippen LogP contribution < -0.4 is 4.90 Å². The molecule has 1 N–H and O–H groups in total. The fraction of sp³-hybridized carbons (Fsp3) is 0.615. The number of rotatable bonds is 3. The maximum atomic E-state index is 5.96. The Balaban J connectivity index is 1.83. The van der Waals surface area contributed by atoms with Gasteiger partial charge in [-0.15, -0.1) is 0 Å². The van der Waals surface area contributed by atoms with E-state index in [-0.39, 0.29) is 5.28 Å². The van der Waals surface area contributed by atoms with Gasteiger partial charge in [-0.2, -0.15) is 9.97 Å². The number of imidazole rings is 1. The van der Waals surface area contributed by atoms with Gasteiger partial charge in [-0.1, -0.05) is 19.3 Å². The van der Waals surface area contributed by atoms with E-state index < -0.39 is 0 Å². The second-order valence-corrected chi connectivity index (χ2v) is 5.64. The Labute approximate surface area is 117 Å². The third-order valence-corrected chi connectivity index (χ3v) is 4.03. The number of hydrogen-bond donors (Lipinski definition) is 1. The number of anilines is 1. The van der Waals surface area contributed by atoms with Crippen molar-refractivity contribution >= 4 is 28.6 Å². The molecule has 0 bridgehead atoms. The SMILES string of the molecule is CN(CC1CCCCC1)c1nc(Cl)nc2nc[nH]c12. The lowest BCUT2D eigenvalue weighted by Gasteiger charge is -2.27. The first-order chi connectivity index (χ1) is 9.24. The largest absolute Gasteiger partial charge is 0.357 e. The quantitative estimate of drug-likeness (QED) is 0.878. The summed E-state index contributed by atoms with van der Waals surface area (Å²) in [6, 6.07) is 0. The number of nitrogens with one attached hydrogen (secondary N) is 1. The maximum absolute atomic E-state index is 5.96. The van der Waals surface area contributed by atoms with Crippen LogP contribution in [0, 0.1) is 5.92 Å². The van der Waals surface area contributed by atoms with Crippen molar-refractivity contribution in [3.05, 3.63) is 11.6 Å². The highest BCUT2D eigenvalue weighted by molar-refractivity contribution is 6.28. The molecule has 1 fully saturated rings. The third kappa shape index (κ3) is 2.66. The zero-order valence-electron chi connectivity index (χ0n) is 11.1. The molecule has 19 heavy (non-hydrogen) atoms. The monoisotopic (exact) mass is 279 g/mol. The lowest BCUT2D eigenvalue weighted by atomic mass is 9.89. The van der Waals surface area contributed by atoms with E-state index in [2.05, 4.69) is 31.9 Å². The molecule has 1 saturated carbocycles. The van der Waals surface area contributed by atoms with Crippen LogP contribution in [0.3, 0.4) is 0 Å². The van der Waals surface area contributed by atoms with Crippen molar-refractivity contribution in [2.75, 3.05) is 18.5 Å². The van der Waals surface area contributed by atoms with Gasteiger partial charge < -0.3 is 9.88 Å². The van der Waals surface area contributed by atoms with Crippen LogP contribution in [-0.4, -0.2) is 33.5 Å². The Kier molecular flexibility index (Phi) is 3.55. The summed E-state index contributed by atoms with van der Waals surface area (Å²) in [5.41, 5.74) is 1.49. The Morgan fingerprint density at radius 3 is 2.89 bits per heavy atom. The summed E-state index contributed by atoms with van der Waals surface area (Å²) in [5, 5.41) is 0.255. The smallest absolute Gasteiger partial charge is 0.226 e. The van der Waals surface area contributed by atoms with Gasteiger partial charge >= 0.3 is 0 Å². The minimum Gasteiger partial charge on any atom is -0.357 e. The van der Waals surface area contributed by atoms with E-state index in [1.807, 2.05) is 0 Å². The number of fused-ring (bicyclic) bond motifs is 1. The summed E-state index contributed by atoms with van der Waals surface area (Å²) < 4.78 is 0. The molecule has 3 rings (SSSR count). The van der Waals surface area contributed by atoms with Crippen LogP contribution >= 0.6 is 11.6 Å². The Morgan fingerprint density at radius 1 is 1.32 bits per heavy atom. The molecule has 1 aliphatic rings. The van der Waals surface area contributed by atoms with Crippen LogP contribution in [0.15, 0.2) is 6.33 Å². The van der Waals surface area contributed by atoms with Crippen LogP contribution in [0.4, 0.5) is 5.82 Å². The van der Waals surface area contributed by atoms with Gasteiger partial charge in [-0.25, -0.2) is 4.98 Å². The van der Waals surface area contributed by atoms with Crippen LogP contribution in [0.1, 0.15) is 32.1 Å². The first kappa shape index (κ1) is 12.7. The average Bonchev–Trinajstić information content (AvgIpc) is 2.86. The van der Waals surface area contributed by atoms with E-state index in [1.165, 1.54) is 32.1 Å². The molecule has 2 heterocycles. The van der Waals surface area contributed by atoms with E-state index in [0.29, 0.717) is 5.65 Å². The van der Waals surface area contributed by atoms with Crippen molar-refractivity contribution < 1.29 is 0 Å². The molecule has 0 aromatic carbocycles. The summed E-state index contributed by atoms with van der Waals surface area (Å²) >= 11 is 5.96. The van der Waals surface area contributed by atoms with Crippen molar-refractivity contribution in [1.82, 2.24) is 19.9 Å². The van der Waals surface area contributed by atoms with Gasteiger partial charge in [0.2, 0.25) is 5.28 Å². The number of halogens is 1. The van der Waals surface area contributed by atoms with Crippen molar-refractivity contribution in [2.24, 2.45) is 5.92 Å². The van der Waals surface area contributed by atoms with Crippen molar-refractivity contribution in [3.8, 4) is 0 Å². The van der Waals surface area contributed by atoms with Gasteiger partial charge in [-0.05, 0) is 30.4 Å². The number of aromatic amines is 1. The van der Waals surface area contributed by atoms with Gasteiger partial charge in [-0.3, -0.25) is 0 Å². The lowest BCUT2D eigenvalue weighted by molar-refractivity contribution is 0.362. The Bertz CT molecular complexity index is 561. The summed E-state index contributed by atoms with van der Waals surface area (Å²) in [6.07, 6.45) is 8.34. The predicted octanol–water partition coefficient (Wildman–Crippen LogP) is 3.02. The molecule has 0 atom stereocenters. The van der Waals surface area contributed by atoms with Gasteiger partial charge in [0, 0.05) is 13.6 Å². The fourth-order valence-corrected chi connectivity index (χ4v) is 3.07. The van der Waals surface area contributed by atoms with Gasteiger partial charge in [0.15, 0.2) is 11.5 Å². The van der Waals surface area contributed by atoms with Gasteiger partial charge in [0.05, 0.1) is 6.33 Å². The maximum Gasteiger partial charge on any atom is 0.226 e. The molecule has 2 aromatic heterocycles. The lowest BCUT2D eigenvalue weighted by Crippen LogP contribution is -2.27. The summed E-state index contributed by atoms with van der Waals surface area (Å²) in [7, 11) is 2.06. The molecule has 102 valence electrons. The topological polar surface area (TPSA) is 57.7 Å². The van der Waals surface area contributed by atoms with E-state index in [9.17, 15) is 0 Å². The third-order valence-electron chi connectivity index (χ3n) is 3.86. The van der Waals surface area contributed by atoms with Gasteiger partial charge in [0.25, 0.3) is 0 Å². The number of nitrogens with zero attached hydrogens (tertiary/aromatic N) is 4. The zero-order valence-corrected chi connectivity index (χ0v) is 11.8. The molecule has 0 unspecified atom stereocenters. The molecule has 0 saturated heterocycles. The van der Waals surface area contributed by atoms with Crippen molar-refractivity contribution in [3.63, 3.8) is 0 Å². The molecule has 0 amide bonds. The standard InChI is InChI=1S/C13H18ClN5/c1-19(7-9-5-3-2-4-6-9)12-10-11(16-8-15-10)17-13(14)18-12/h8-9H,2-7H2,1H3,(H,15,16,17,18). The van der Waals surface area contributed by atoms with Gasteiger partial charge in [0.1, 0.15) is 5.52 Å². The van der Waals surface area contributed by atoms with Crippen LogP contribution in [-0.2, 0) is 0 Å². The molecule has 1 aliphatic carbocycles. The first-order valence-corrected chi connectivity index (χ1v) is 7.19. The number of hydrogen-bond acceptors (Lipinski definition) is 4. The molecule has 0 aliphatic heterocycles. The van der Waals surface area contributed by atoms with E-state index in [0.717, 1.165) is 23.8 Å².